The average Bonchev–Trinajstić information content (AvgIpc) is 1.30. The molecule has 0 saturated carbocycles. The molecule has 0 nitrogen and oxygen atoms in total. The molecule has 0 unspecified atom stereocenters. The van der Waals surface area contributed by atoms with Gasteiger partial charge in [0.05, 0.1) is 3.41 Å². The minimum atomic E-state index is -0.144. The third-order valence-electron chi connectivity index (χ3n) is 0.418. The van der Waals surface area contributed by atoms with Crippen LogP contribution in [0.4, 0.5) is 0 Å². The van der Waals surface area contributed by atoms with E-state index in [1.807, 2.05) is 6.92 Å². The Morgan fingerprint density at radius 1 is 1.57 bits per heavy atom. The predicted octanol–water partition coefficient (Wildman–Crippen LogP) is 2.27. The first kappa shape index (κ1) is 8.05. The molecule has 0 aliphatic rings. The van der Waals surface area contributed by atoms with E-state index in [1.54, 1.807) is 11.8 Å². The van der Waals surface area contributed by atoms with Crippen LogP contribution in [-0.4, -0.2) is 9.16 Å². The summed E-state index contributed by atoms with van der Waals surface area (Å²) < 4.78 is -0.144. The smallest absolute Gasteiger partial charge is 0.0980 e. The Kier molecular flexibility index (Phi) is 3.62. The van der Waals surface area contributed by atoms with Crippen LogP contribution in [-0.2, 0) is 0 Å². The largest absolute Gasteiger partial charge is 0.151 e. The van der Waals surface area contributed by atoms with Gasteiger partial charge >= 0.3 is 0 Å². The van der Waals surface area contributed by atoms with E-state index < -0.39 is 0 Å². The Hall–Kier alpha value is 1.05. The zero-order valence-corrected chi connectivity index (χ0v) is 7.12. The SMILES string of the molecule is CCSC(C)(S)S. The second-order valence-electron chi connectivity index (χ2n) is 1.37. The van der Waals surface area contributed by atoms with Gasteiger partial charge in [0, 0.05) is 0 Å². The van der Waals surface area contributed by atoms with Crippen molar-refractivity contribution in [1.29, 1.82) is 0 Å². The Morgan fingerprint density at radius 2 is 2.00 bits per heavy atom. The number of hydrogen-bond donors (Lipinski definition) is 2. The van der Waals surface area contributed by atoms with Crippen LogP contribution in [0.25, 0.3) is 0 Å². The fourth-order valence-corrected chi connectivity index (χ4v) is 1.59. The molecule has 0 saturated heterocycles. The highest BCUT2D eigenvalue weighted by molar-refractivity contribution is 8.23. The lowest BCUT2D eigenvalue weighted by atomic mass is 10.9. The molecule has 0 fully saturated rings. The number of thiol groups is 2. The number of thioether (sulfide) groups is 1. The van der Waals surface area contributed by atoms with Crippen molar-refractivity contribution in [3.05, 3.63) is 0 Å². The van der Waals surface area contributed by atoms with Crippen LogP contribution in [0.3, 0.4) is 0 Å². The molecule has 0 aliphatic carbocycles. The molecule has 0 aromatic rings. The highest BCUT2D eigenvalue weighted by Gasteiger charge is 2.09. The van der Waals surface area contributed by atoms with Gasteiger partial charge in [-0.15, -0.1) is 11.8 Å². The highest BCUT2D eigenvalue weighted by atomic mass is 32.2. The summed E-state index contributed by atoms with van der Waals surface area (Å²) in [6.45, 7) is 4.06. The normalized spacial score (nSPS) is 12.0. The van der Waals surface area contributed by atoms with Gasteiger partial charge in [0.15, 0.2) is 0 Å². The fourth-order valence-electron chi connectivity index (χ4n) is 0.273. The van der Waals surface area contributed by atoms with Crippen LogP contribution in [0.2, 0.25) is 0 Å². The lowest BCUT2D eigenvalue weighted by molar-refractivity contribution is 1.33. The Balaban J connectivity index is 3.15. The van der Waals surface area contributed by atoms with Crippen LogP contribution in [0.15, 0.2) is 0 Å². The molecule has 0 spiro atoms. The van der Waals surface area contributed by atoms with E-state index in [0.717, 1.165) is 5.75 Å². The fraction of sp³-hybridized carbons (Fsp3) is 1.00. The summed E-state index contributed by atoms with van der Waals surface area (Å²) in [4.78, 5) is 0. The molecule has 0 rings (SSSR count). The van der Waals surface area contributed by atoms with Crippen molar-refractivity contribution in [2.45, 2.75) is 17.3 Å². The molecule has 0 aliphatic heterocycles. The first-order chi connectivity index (χ1) is 3.06. The molecule has 0 amide bonds. The van der Waals surface area contributed by atoms with E-state index in [4.69, 9.17) is 0 Å². The van der Waals surface area contributed by atoms with E-state index in [1.165, 1.54) is 0 Å². The number of hydrogen-bond acceptors (Lipinski definition) is 3. The number of rotatable bonds is 2. The van der Waals surface area contributed by atoms with Crippen LogP contribution < -0.4 is 0 Å². The van der Waals surface area contributed by atoms with E-state index in [0.29, 0.717) is 0 Å². The lowest BCUT2D eigenvalue weighted by Gasteiger charge is -2.12. The quantitative estimate of drug-likeness (QED) is 0.454. The molecule has 0 heterocycles. The van der Waals surface area contributed by atoms with Gasteiger partial charge in [-0.1, -0.05) is 6.92 Å². The van der Waals surface area contributed by atoms with E-state index in [-0.39, 0.29) is 3.41 Å². The molecule has 0 N–H and O–H groups in total. The lowest BCUT2D eigenvalue weighted by Crippen LogP contribution is -1.98. The molecule has 44 valence electrons. The van der Waals surface area contributed by atoms with Crippen LogP contribution in [0.5, 0.6) is 0 Å². The average molecular weight is 154 g/mol. The summed E-state index contributed by atoms with van der Waals surface area (Å²) in [6.07, 6.45) is 0. The van der Waals surface area contributed by atoms with Crippen molar-refractivity contribution >= 4 is 37.0 Å². The topological polar surface area (TPSA) is 0 Å². The summed E-state index contributed by atoms with van der Waals surface area (Å²) >= 11 is 10.0. The Bertz CT molecular complexity index is 45.4. The maximum absolute atomic E-state index is 4.16. The van der Waals surface area contributed by atoms with Crippen LogP contribution in [0, 0.1) is 0 Å². The maximum Gasteiger partial charge on any atom is 0.0980 e. The van der Waals surface area contributed by atoms with E-state index in [9.17, 15) is 0 Å². The summed E-state index contributed by atoms with van der Waals surface area (Å²) in [5, 5.41) is 0. The zero-order valence-electron chi connectivity index (χ0n) is 4.51. The van der Waals surface area contributed by atoms with Crippen molar-refractivity contribution in [3.8, 4) is 0 Å². The van der Waals surface area contributed by atoms with E-state index >= 15 is 0 Å². The second-order valence-corrected chi connectivity index (χ2v) is 5.80. The van der Waals surface area contributed by atoms with Crippen molar-refractivity contribution in [1.82, 2.24) is 0 Å². The third-order valence-corrected chi connectivity index (χ3v) is 2.03. The van der Waals surface area contributed by atoms with Gasteiger partial charge in [-0.2, -0.15) is 25.3 Å². The van der Waals surface area contributed by atoms with Gasteiger partial charge in [0.2, 0.25) is 0 Å². The molecule has 0 radical (unpaired) electrons. The van der Waals surface area contributed by atoms with Gasteiger partial charge in [0.1, 0.15) is 0 Å². The van der Waals surface area contributed by atoms with Gasteiger partial charge in [-0.3, -0.25) is 0 Å². The molecule has 0 bridgehead atoms. The maximum atomic E-state index is 4.16. The summed E-state index contributed by atoms with van der Waals surface area (Å²) in [5.74, 6) is 1.07. The predicted molar refractivity (Wildman–Crippen MR) is 44.5 cm³/mol. The van der Waals surface area contributed by atoms with E-state index in [2.05, 4.69) is 32.2 Å². The van der Waals surface area contributed by atoms with Crippen LogP contribution >= 0.6 is 37.0 Å². The Morgan fingerprint density at radius 3 is 2.00 bits per heavy atom. The van der Waals surface area contributed by atoms with Gasteiger partial charge in [-0.25, -0.2) is 0 Å². The zero-order chi connectivity index (χ0) is 5.91. The van der Waals surface area contributed by atoms with Crippen molar-refractivity contribution in [3.63, 3.8) is 0 Å². The monoisotopic (exact) mass is 154 g/mol. The molecule has 3 heteroatoms. The minimum absolute atomic E-state index is 0.144. The summed E-state index contributed by atoms with van der Waals surface area (Å²) in [6, 6.07) is 0. The molecule has 0 aromatic carbocycles. The minimum Gasteiger partial charge on any atom is -0.151 e. The van der Waals surface area contributed by atoms with Crippen LogP contribution in [0.1, 0.15) is 13.8 Å². The van der Waals surface area contributed by atoms with Crippen molar-refractivity contribution in [2.24, 2.45) is 0 Å². The summed E-state index contributed by atoms with van der Waals surface area (Å²) in [5.41, 5.74) is 0. The molecular formula is C4H10S3. The third kappa shape index (κ3) is 7.05. The second kappa shape index (κ2) is 3.15. The molecular weight excluding hydrogens is 144 g/mol. The highest BCUT2D eigenvalue weighted by Crippen LogP contribution is 2.31. The van der Waals surface area contributed by atoms with Gasteiger partial charge in [-0.05, 0) is 12.7 Å². The Labute approximate surface area is 60.3 Å². The standard InChI is InChI=1S/C4H10S3/c1-3-7-4(2,5)6/h5-6H,3H2,1-2H3. The molecule has 0 atom stereocenters. The first-order valence-corrected chi connectivity index (χ1v) is 4.03. The first-order valence-electron chi connectivity index (χ1n) is 2.15. The van der Waals surface area contributed by atoms with Gasteiger partial charge < -0.3 is 0 Å². The van der Waals surface area contributed by atoms with Crippen molar-refractivity contribution < 1.29 is 0 Å². The van der Waals surface area contributed by atoms with Crippen molar-refractivity contribution in [2.75, 3.05) is 5.75 Å². The molecule has 7 heavy (non-hydrogen) atoms. The molecule has 0 aromatic heterocycles. The van der Waals surface area contributed by atoms with Gasteiger partial charge in [0.25, 0.3) is 0 Å². The summed E-state index contributed by atoms with van der Waals surface area (Å²) in [7, 11) is 0.